The maximum absolute atomic E-state index is 12.7. The van der Waals surface area contributed by atoms with Gasteiger partial charge in [0.1, 0.15) is 5.60 Å². The van der Waals surface area contributed by atoms with Crippen LogP contribution in [0.15, 0.2) is 24.8 Å². The molecule has 1 saturated carbocycles. The summed E-state index contributed by atoms with van der Waals surface area (Å²) in [5.74, 6) is 1.47. The predicted molar refractivity (Wildman–Crippen MR) is 91.4 cm³/mol. The first-order valence-corrected chi connectivity index (χ1v) is 8.71. The van der Waals surface area contributed by atoms with Gasteiger partial charge in [0.25, 0.3) is 0 Å². The van der Waals surface area contributed by atoms with Gasteiger partial charge in [-0.1, -0.05) is 39.0 Å². The standard InChI is InChI=1S/C20H32O2/c1-7-14(2)9-8-12-19(3,4)22-18(21)17-15-10-11-16(13-15)20(17,5)6/h7,10-11,14-17H,1,8-9,12-13H2,2-6H3. The highest BCUT2D eigenvalue weighted by molar-refractivity contribution is 5.75. The van der Waals surface area contributed by atoms with E-state index in [-0.39, 0.29) is 22.9 Å². The molecule has 2 aliphatic carbocycles. The minimum Gasteiger partial charge on any atom is -0.459 e. The minimum absolute atomic E-state index is 0.00335. The molecule has 22 heavy (non-hydrogen) atoms. The van der Waals surface area contributed by atoms with Crippen LogP contribution in [0.4, 0.5) is 0 Å². The second-order valence-corrected chi connectivity index (χ2v) is 8.48. The van der Waals surface area contributed by atoms with Gasteiger partial charge in [0.15, 0.2) is 0 Å². The van der Waals surface area contributed by atoms with Gasteiger partial charge in [-0.25, -0.2) is 0 Å². The van der Waals surface area contributed by atoms with Crippen LogP contribution in [-0.2, 0) is 9.53 Å². The van der Waals surface area contributed by atoms with Gasteiger partial charge in [0, 0.05) is 0 Å². The van der Waals surface area contributed by atoms with Crippen molar-refractivity contribution in [2.24, 2.45) is 29.1 Å². The minimum atomic E-state index is -0.375. The molecule has 0 spiro atoms. The maximum atomic E-state index is 12.7. The van der Waals surface area contributed by atoms with Gasteiger partial charge >= 0.3 is 5.97 Å². The average molecular weight is 304 g/mol. The first-order valence-electron chi connectivity index (χ1n) is 8.71. The summed E-state index contributed by atoms with van der Waals surface area (Å²) >= 11 is 0. The fraction of sp³-hybridized carbons (Fsp3) is 0.750. The second-order valence-electron chi connectivity index (χ2n) is 8.48. The van der Waals surface area contributed by atoms with Crippen LogP contribution in [-0.4, -0.2) is 11.6 Å². The Hall–Kier alpha value is -1.05. The van der Waals surface area contributed by atoms with Crippen LogP contribution in [0, 0.1) is 29.1 Å². The van der Waals surface area contributed by atoms with Crippen molar-refractivity contribution in [1.29, 1.82) is 0 Å². The van der Waals surface area contributed by atoms with Crippen LogP contribution < -0.4 is 0 Å². The topological polar surface area (TPSA) is 26.3 Å². The molecule has 2 nitrogen and oxygen atoms in total. The Morgan fingerprint density at radius 1 is 1.45 bits per heavy atom. The monoisotopic (exact) mass is 304 g/mol. The zero-order valence-electron chi connectivity index (χ0n) is 14.9. The van der Waals surface area contributed by atoms with E-state index >= 15 is 0 Å². The van der Waals surface area contributed by atoms with Crippen LogP contribution in [0.1, 0.15) is 60.3 Å². The Balaban J connectivity index is 1.91. The smallest absolute Gasteiger partial charge is 0.310 e. The molecule has 124 valence electrons. The van der Waals surface area contributed by atoms with E-state index in [0.717, 1.165) is 25.7 Å². The molecule has 0 aliphatic heterocycles. The molecule has 4 unspecified atom stereocenters. The number of ether oxygens (including phenoxy) is 1. The van der Waals surface area contributed by atoms with E-state index in [2.05, 4.69) is 39.5 Å². The molecule has 0 heterocycles. The number of hydrogen-bond donors (Lipinski definition) is 0. The van der Waals surface area contributed by atoms with Crippen LogP contribution in [0.3, 0.4) is 0 Å². The third kappa shape index (κ3) is 3.47. The zero-order valence-corrected chi connectivity index (χ0v) is 14.9. The van der Waals surface area contributed by atoms with E-state index in [1.165, 1.54) is 0 Å². The van der Waals surface area contributed by atoms with Gasteiger partial charge in [-0.3, -0.25) is 4.79 Å². The summed E-state index contributed by atoms with van der Waals surface area (Å²) in [4.78, 5) is 12.7. The Bertz CT molecular complexity index is 458. The molecule has 1 fully saturated rings. The molecule has 0 amide bonds. The molecule has 0 aromatic heterocycles. The SMILES string of the molecule is C=CC(C)CCCC(C)(C)OC(=O)C1C2C=CC(C2)C1(C)C. The van der Waals surface area contributed by atoms with E-state index in [4.69, 9.17) is 4.74 Å². The van der Waals surface area contributed by atoms with Crippen molar-refractivity contribution >= 4 is 5.97 Å². The molecule has 0 N–H and O–H groups in total. The summed E-state index contributed by atoms with van der Waals surface area (Å²) in [5, 5.41) is 0. The average Bonchev–Trinajstić information content (AvgIpc) is 2.95. The third-order valence-corrected chi connectivity index (χ3v) is 5.77. The molecule has 4 atom stereocenters. The molecule has 0 aromatic rings. The highest BCUT2D eigenvalue weighted by Crippen LogP contribution is 2.56. The first-order chi connectivity index (χ1) is 10.2. The van der Waals surface area contributed by atoms with Crippen LogP contribution >= 0.6 is 0 Å². The van der Waals surface area contributed by atoms with Crippen molar-refractivity contribution in [2.45, 2.75) is 65.9 Å². The lowest BCUT2D eigenvalue weighted by Crippen LogP contribution is -2.39. The number of rotatable bonds is 7. The molecule has 0 aromatic carbocycles. The first kappa shape index (κ1) is 17.3. The summed E-state index contributed by atoms with van der Waals surface area (Å²) < 4.78 is 5.93. The van der Waals surface area contributed by atoms with E-state index in [1.54, 1.807) is 0 Å². The Morgan fingerprint density at radius 2 is 2.14 bits per heavy atom. The number of esters is 1. The second kappa shape index (κ2) is 6.22. The van der Waals surface area contributed by atoms with Gasteiger partial charge in [0.2, 0.25) is 0 Å². The summed E-state index contributed by atoms with van der Waals surface area (Å²) in [6.45, 7) is 14.5. The number of hydrogen-bond acceptors (Lipinski definition) is 2. The lowest BCUT2D eigenvalue weighted by Gasteiger charge is -2.36. The summed E-state index contributed by atoms with van der Waals surface area (Å²) in [7, 11) is 0. The van der Waals surface area contributed by atoms with Crippen molar-refractivity contribution in [2.75, 3.05) is 0 Å². The molecule has 2 bridgehead atoms. The van der Waals surface area contributed by atoms with E-state index in [1.807, 2.05) is 19.9 Å². The van der Waals surface area contributed by atoms with Gasteiger partial charge < -0.3 is 4.74 Å². The Morgan fingerprint density at radius 3 is 2.68 bits per heavy atom. The van der Waals surface area contributed by atoms with Gasteiger partial charge in [-0.05, 0) is 62.7 Å². The van der Waals surface area contributed by atoms with Crippen LogP contribution in [0.25, 0.3) is 0 Å². The van der Waals surface area contributed by atoms with Crippen molar-refractivity contribution in [3.8, 4) is 0 Å². The molecule has 2 heteroatoms. The van der Waals surface area contributed by atoms with Crippen LogP contribution in [0.2, 0.25) is 0 Å². The largest absolute Gasteiger partial charge is 0.459 e. The number of carbonyl (C=O) groups is 1. The predicted octanol–water partition coefficient (Wildman–Crippen LogP) is 5.15. The molecule has 2 rings (SSSR count). The lowest BCUT2D eigenvalue weighted by atomic mass is 9.71. The van der Waals surface area contributed by atoms with Gasteiger partial charge in [0.05, 0.1) is 5.92 Å². The summed E-state index contributed by atoms with van der Waals surface area (Å²) in [6.07, 6.45) is 10.7. The van der Waals surface area contributed by atoms with Gasteiger partial charge in [-0.15, -0.1) is 6.58 Å². The summed E-state index contributed by atoms with van der Waals surface area (Å²) in [6, 6.07) is 0. The van der Waals surface area contributed by atoms with Crippen molar-refractivity contribution in [1.82, 2.24) is 0 Å². The number of allylic oxidation sites excluding steroid dienone is 3. The van der Waals surface area contributed by atoms with Crippen molar-refractivity contribution in [3.63, 3.8) is 0 Å². The fourth-order valence-electron chi connectivity index (χ4n) is 4.14. The normalized spacial score (nSPS) is 30.3. The fourth-order valence-corrected chi connectivity index (χ4v) is 4.14. The quantitative estimate of drug-likeness (QED) is 0.480. The van der Waals surface area contributed by atoms with E-state index in [9.17, 15) is 4.79 Å². The van der Waals surface area contributed by atoms with Crippen LogP contribution in [0.5, 0.6) is 0 Å². The van der Waals surface area contributed by atoms with E-state index in [0.29, 0.717) is 17.8 Å². The molecule has 0 radical (unpaired) electrons. The van der Waals surface area contributed by atoms with E-state index < -0.39 is 0 Å². The highest BCUT2D eigenvalue weighted by atomic mass is 16.6. The Kier molecular flexibility index (Phi) is 4.89. The molecule has 0 saturated heterocycles. The van der Waals surface area contributed by atoms with Crippen molar-refractivity contribution in [3.05, 3.63) is 24.8 Å². The third-order valence-electron chi connectivity index (χ3n) is 5.77. The zero-order chi connectivity index (χ0) is 16.5. The van der Waals surface area contributed by atoms with Gasteiger partial charge in [-0.2, -0.15) is 0 Å². The molecular weight excluding hydrogens is 272 g/mol. The number of carbonyl (C=O) groups excluding carboxylic acids is 1. The molecular formula is C20H32O2. The maximum Gasteiger partial charge on any atom is 0.310 e. The highest BCUT2D eigenvalue weighted by Gasteiger charge is 2.54. The Labute approximate surface area is 136 Å². The lowest BCUT2D eigenvalue weighted by molar-refractivity contribution is -0.167. The number of fused-ring (bicyclic) bond motifs is 2. The van der Waals surface area contributed by atoms with Crippen molar-refractivity contribution < 1.29 is 9.53 Å². The summed E-state index contributed by atoms with van der Waals surface area (Å²) in [5.41, 5.74) is -0.344. The molecule has 2 aliphatic rings.